The van der Waals surface area contributed by atoms with Crippen molar-refractivity contribution in [1.82, 2.24) is 0 Å². The van der Waals surface area contributed by atoms with Gasteiger partial charge in [0.25, 0.3) is 0 Å². The zero-order valence-corrected chi connectivity index (χ0v) is 19.8. The van der Waals surface area contributed by atoms with E-state index in [0.717, 1.165) is 0 Å². The van der Waals surface area contributed by atoms with E-state index in [-0.39, 0.29) is 10.8 Å². The maximum atomic E-state index is 2.43. The molecule has 1 heterocycles. The number of aryl methyl sites for hydroxylation is 3. The molecule has 0 N–H and O–H groups in total. The highest BCUT2D eigenvalue weighted by molar-refractivity contribution is 5.94. The van der Waals surface area contributed by atoms with E-state index in [1.807, 2.05) is 0 Å². The van der Waals surface area contributed by atoms with E-state index in [9.17, 15) is 0 Å². The lowest BCUT2D eigenvalue weighted by atomic mass is 9.54. The van der Waals surface area contributed by atoms with Crippen LogP contribution >= 0.6 is 0 Å². The Labute approximate surface area is 186 Å². The minimum atomic E-state index is -0.0319. The topological polar surface area (TPSA) is 3.88 Å². The lowest BCUT2D eigenvalue weighted by Gasteiger charge is -2.49. The Kier molecular flexibility index (Phi) is 4.21. The van der Waals surface area contributed by atoms with Gasteiger partial charge in [0.15, 0.2) is 6.20 Å². The van der Waals surface area contributed by atoms with E-state index in [1.54, 1.807) is 0 Å². The maximum absolute atomic E-state index is 2.43. The molecule has 4 aromatic rings. The molecular weight excluding hydrogens is 374 g/mol. The van der Waals surface area contributed by atoms with Crippen LogP contribution < -0.4 is 4.57 Å². The Hall–Kier alpha value is -2.93. The summed E-state index contributed by atoms with van der Waals surface area (Å²) < 4.78 is 2.27. The first kappa shape index (κ1) is 20.0. The normalized spacial score (nSPS) is 16.1. The van der Waals surface area contributed by atoms with E-state index in [1.165, 1.54) is 55.4 Å². The van der Waals surface area contributed by atoms with Gasteiger partial charge in [0.1, 0.15) is 7.05 Å². The Morgan fingerprint density at radius 2 is 1.39 bits per heavy atom. The van der Waals surface area contributed by atoms with Crippen molar-refractivity contribution in [2.45, 2.75) is 52.4 Å². The first-order valence-electron chi connectivity index (χ1n) is 11.3. The van der Waals surface area contributed by atoms with Crippen LogP contribution in [0.5, 0.6) is 0 Å². The maximum Gasteiger partial charge on any atom is 0.213 e. The highest BCUT2D eigenvalue weighted by Gasteiger charge is 2.48. The molecule has 0 saturated carbocycles. The molecule has 0 amide bonds. The average Bonchev–Trinajstić information content (AvgIpc) is 2.73. The van der Waals surface area contributed by atoms with Gasteiger partial charge in [-0.05, 0) is 75.5 Å². The van der Waals surface area contributed by atoms with Crippen molar-refractivity contribution in [3.8, 4) is 22.4 Å². The smallest absolute Gasteiger partial charge is 0.201 e. The van der Waals surface area contributed by atoms with Crippen LogP contribution in [0.4, 0.5) is 0 Å². The SMILES string of the molecule is Cc1cc[n+](C)c(-c2c(C)ccc3c2C(C)(C)C(C)(C)c2cc4ccccc4cc2-3)c1. The second kappa shape index (κ2) is 6.53. The van der Waals surface area contributed by atoms with E-state index >= 15 is 0 Å². The number of fused-ring (bicyclic) bond motifs is 4. The molecule has 0 atom stereocenters. The Morgan fingerprint density at radius 1 is 0.710 bits per heavy atom. The fourth-order valence-electron chi connectivity index (χ4n) is 5.46. The Morgan fingerprint density at radius 3 is 2.10 bits per heavy atom. The second-order valence-electron chi connectivity index (χ2n) is 10.4. The third-order valence-corrected chi connectivity index (χ3v) is 8.01. The molecule has 0 bridgehead atoms. The van der Waals surface area contributed by atoms with E-state index in [2.05, 4.69) is 120 Å². The monoisotopic (exact) mass is 406 g/mol. The van der Waals surface area contributed by atoms with Crippen LogP contribution in [-0.2, 0) is 17.9 Å². The first-order valence-corrected chi connectivity index (χ1v) is 11.3. The van der Waals surface area contributed by atoms with Crippen molar-refractivity contribution >= 4 is 10.8 Å². The highest BCUT2D eigenvalue weighted by atomic mass is 14.9. The zero-order chi connectivity index (χ0) is 22.1. The number of rotatable bonds is 1. The summed E-state index contributed by atoms with van der Waals surface area (Å²) in [5.41, 5.74) is 11.0. The zero-order valence-electron chi connectivity index (χ0n) is 19.8. The van der Waals surface area contributed by atoms with Gasteiger partial charge in [-0.25, -0.2) is 4.57 Å². The number of hydrogen-bond donors (Lipinski definition) is 0. The summed E-state index contributed by atoms with van der Waals surface area (Å²) in [7, 11) is 2.16. The van der Waals surface area contributed by atoms with Crippen molar-refractivity contribution in [3.63, 3.8) is 0 Å². The van der Waals surface area contributed by atoms with Gasteiger partial charge in [0.05, 0.1) is 5.56 Å². The van der Waals surface area contributed by atoms with Crippen LogP contribution in [0.15, 0.2) is 66.9 Å². The molecule has 5 rings (SSSR count). The van der Waals surface area contributed by atoms with Crippen LogP contribution in [0.1, 0.15) is 49.9 Å². The molecule has 156 valence electrons. The summed E-state index contributed by atoms with van der Waals surface area (Å²) in [6.45, 7) is 14.2. The average molecular weight is 407 g/mol. The number of aromatic nitrogens is 1. The Balaban J connectivity index is 1.95. The predicted octanol–water partition coefficient (Wildman–Crippen LogP) is 7.18. The van der Waals surface area contributed by atoms with Gasteiger partial charge in [-0.1, -0.05) is 64.1 Å². The summed E-state index contributed by atoms with van der Waals surface area (Å²) in [5, 5.41) is 2.64. The van der Waals surface area contributed by atoms with Crippen molar-refractivity contribution in [2.75, 3.05) is 0 Å². The minimum absolute atomic E-state index is 0.00962. The molecule has 0 spiro atoms. The fourth-order valence-corrected chi connectivity index (χ4v) is 5.46. The summed E-state index contributed by atoms with van der Waals surface area (Å²) in [4.78, 5) is 0. The van der Waals surface area contributed by atoms with Gasteiger partial charge in [-0.3, -0.25) is 0 Å². The minimum Gasteiger partial charge on any atom is -0.201 e. The van der Waals surface area contributed by atoms with Crippen LogP contribution in [0.25, 0.3) is 33.2 Å². The number of nitrogens with zero attached hydrogens (tertiary/aromatic N) is 1. The third kappa shape index (κ3) is 2.72. The number of benzene rings is 3. The molecular formula is C30H32N+. The van der Waals surface area contributed by atoms with Gasteiger partial charge < -0.3 is 0 Å². The highest BCUT2D eigenvalue weighted by Crippen LogP contribution is 2.57. The number of hydrogen-bond acceptors (Lipinski definition) is 0. The second-order valence-corrected chi connectivity index (χ2v) is 10.4. The standard InChI is InChI=1S/C30H32N/c1-19-14-15-31(7)26(16-19)27-20(2)12-13-23-24-17-21-10-8-9-11-22(21)18-25(24)29(3,4)30(5,6)28(23)27/h8-18H,1-7H3/q+1. The Bertz CT molecular complexity index is 1350. The molecule has 3 aromatic carbocycles. The van der Waals surface area contributed by atoms with Crippen molar-refractivity contribution in [1.29, 1.82) is 0 Å². The van der Waals surface area contributed by atoms with Crippen molar-refractivity contribution < 1.29 is 4.57 Å². The van der Waals surface area contributed by atoms with E-state index in [4.69, 9.17) is 0 Å². The lowest BCUT2D eigenvalue weighted by Crippen LogP contribution is -2.44. The summed E-state index contributed by atoms with van der Waals surface area (Å²) in [6, 6.07) is 22.8. The summed E-state index contributed by atoms with van der Waals surface area (Å²) in [5.74, 6) is 0. The van der Waals surface area contributed by atoms with Gasteiger partial charge in [-0.2, -0.15) is 0 Å². The largest absolute Gasteiger partial charge is 0.213 e. The molecule has 1 nitrogen and oxygen atoms in total. The van der Waals surface area contributed by atoms with Gasteiger partial charge in [0, 0.05) is 17.5 Å². The fraction of sp³-hybridized carbons (Fsp3) is 0.300. The van der Waals surface area contributed by atoms with Crippen LogP contribution in [0.2, 0.25) is 0 Å². The molecule has 0 unspecified atom stereocenters. The molecule has 1 aliphatic carbocycles. The van der Waals surface area contributed by atoms with Gasteiger partial charge in [-0.15, -0.1) is 0 Å². The van der Waals surface area contributed by atoms with Crippen molar-refractivity contribution in [3.05, 3.63) is 89.1 Å². The van der Waals surface area contributed by atoms with Gasteiger partial charge >= 0.3 is 0 Å². The van der Waals surface area contributed by atoms with Crippen LogP contribution in [0.3, 0.4) is 0 Å². The van der Waals surface area contributed by atoms with E-state index < -0.39 is 0 Å². The molecule has 0 radical (unpaired) electrons. The lowest BCUT2D eigenvalue weighted by molar-refractivity contribution is -0.660. The van der Waals surface area contributed by atoms with E-state index in [0.29, 0.717) is 0 Å². The quantitative estimate of drug-likeness (QED) is 0.295. The molecule has 0 aliphatic heterocycles. The molecule has 0 fully saturated rings. The predicted molar refractivity (Wildman–Crippen MR) is 132 cm³/mol. The third-order valence-electron chi connectivity index (χ3n) is 8.01. The van der Waals surface area contributed by atoms with Gasteiger partial charge in [0.2, 0.25) is 5.69 Å². The van der Waals surface area contributed by atoms with Crippen LogP contribution in [-0.4, -0.2) is 0 Å². The molecule has 1 heteroatoms. The summed E-state index contributed by atoms with van der Waals surface area (Å²) in [6.07, 6.45) is 2.19. The molecule has 0 saturated heterocycles. The summed E-state index contributed by atoms with van der Waals surface area (Å²) >= 11 is 0. The molecule has 1 aromatic heterocycles. The molecule has 31 heavy (non-hydrogen) atoms. The first-order chi connectivity index (χ1) is 14.6. The van der Waals surface area contributed by atoms with Crippen LogP contribution in [0, 0.1) is 13.8 Å². The van der Waals surface area contributed by atoms with Crippen molar-refractivity contribution in [2.24, 2.45) is 7.05 Å². The molecule has 1 aliphatic rings. The number of pyridine rings is 1.